The molecular formula is C39H47N3O3. The Kier molecular flexibility index (Phi) is 10.9. The molecule has 236 valence electrons. The molecule has 0 aliphatic rings. The molecule has 2 aromatic heterocycles. The van der Waals surface area contributed by atoms with Gasteiger partial charge in [0.15, 0.2) is 5.58 Å². The number of nitrogens with zero attached hydrogens (tertiary/aromatic N) is 3. The molecule has 0 aliphatic carbocycles. The number of unbranched alkanes of at least 4 members (excludes halogenated alkanes) is 10. The summed E-state index contributed by atoms with van der Waals surface area (Å²) in [6.07, 6.45) is 15.0. The summed E-state index contributed by atoms with van der Waals surface area (Å²) in [7, 11) is 0. The second-order valence-electron chi connectivity index (χ2n) is 12.6. The third-order valence-electron chi connectivity index (χ3n) is 8.97. The Morgan fingerprint density at radius 1 is 0.778 bits per heavy atom. The van der Waals surface area contributed by atoms with Gasteiger partial charge >= 0.3 is 5.63 Å². The first kappa shape index (κ1) is 32.3. The van der Waals surface area contributed by atoms with Crippen LogP contribution >= 0.6 is 0 Å². The highest BCUT2D eigenvalue weighted by molar-refractivity contribution is 6.06. The monoisotopic (exact) mass is 605 g/mol. The molecule has 0 bridgehead atoms. The van der Waals surface area contributed by atoms with Gasteiger partial charge in [-0.1, -0.05) is 95.8 Å². The first-order chi connectivity index (χ1) is 21.9. The van der Waals surface area contributed by atoms with E-state index in [2.05, 4.69) is 55.1 Å². The summed E-state index contributed by atoms with van der Waals surface area (Å²) in [5.41, 5.74) is 4.46. The van der Waals surface area contributed by atoms with Crippen molar-refractivity contribution in [1.29, 1.82) is 5.26 Å². The molecule has 45 heavy (non-hydrogen) atoms. The fourth-order valence-corrected chi connectivity index (χ4v) is 6.41. The van der Waals surface area contributed by atoms with E-state index in [4.69, 9.17) is 13.8 Å². The summed E-state index contributed by atoms with van der Waals surface area (Å²) in [5.74, 6) is 0.116. The molecule has 0 spiro atoms. The van der Waals surface area contributed by atoms with Gasteiger partial charge in [0, 0.05) is 35.6 Å². The average Bonchev–Trinajstić information content (AvgIpc) is 3.49. The van der Waals surface area contributed by atoms with Gasteiger partial charge in [0.05, 0.1) is 5.56 Å². The molecule has 0 atom stereocenters. The van der Waals surface area contributed by atoms with Crippen LogP contribution in [0.5, 0.6) is 0 Å². The van der Waals surface area contributed by atoms with E-state index < -0.39 is 5.63 Å². The zero-order valence-electron chi connectivity index (χ0n) is 27.5. The highest BCUT2D eigenvalue weighted by Crippen LogP contribution is 2.35. The van der Waals surface area contributed by atoms with E-state index in [1.165, 1.54) is 64.2 Å². The van der Waals surface area contributed by atoms with Crippen molar-refractivity contribution in [1.82, 2.24) is 4.98 Å². The van der Waals surface area contributed by atoms with Crippen molar-refractivity contribution >= 4 is 38.5 Å². The van der Waals surface area contributed by atoms with Crippen LogP contribution in [0.3, 0.4) is 0 Å². The van der Waals surface area contributed by atoms with Crippen molar-refractivity contribution in [3.05, 3.63) is 69.6 Å². The first-order valence-electron chi connectivity index (χ1n) is 17.0. The Morgan fingerprint density at radius 2 is 1.44 bits per heavy atom. The molecular weight excluding hydrogens is 558 g/mol. The van der Waals surface area contributed by atoms with Crippen molar-refractivity contribution in [2.45, 2.75) is 105 Å². The molecule has 0 radical (unpaired) electrons. The predicted octanol–water partition coefficient (Wildman–Crippen LogP) is 10.8. The summed E-state index contributed by atoms with van der Waals surface area (Å²) in [5, 5.41) is 12.9. The highest BCUT2D eigenvalue weighted by Gasteiger charge is 2.23. The van der Waals surface area contributed by atoms with E-state index in [9.17, 15) is 10.1 Å². The maximum absolute atomic E-state index is 13.5. The minimum atomic E-state index is -0.613. The van der Waals surface area contributed by atoms with E-state index >= 15 is 0 Å². The predicted molar refractivity (Wildman–Crippen MR) is 186 cm³/mol. The zero-order chi connectivity index (χ0) is 31.8. The van der Waals surface area contributed by atoms with E-state index in [1.807, 2.05) is 26.0 Å². The van der Waals surface area contributed by atoms with Gasteiger partial charge in [0.1, 0.15) is 22.7 Å². The number of hydrogen-bond acceptors (Lipinski definition) is 6. The van der Waals surface area contributed by atoms with Crippen molar-refractivity contribution in [3.63, 3.8) is 0 Å². The summed E-state index contributed by atoms with van der Waals surface area (Å²) >= 11 is 0. The van der Waals surface area contributed by atoms with Crippen LogP contribution in [-0.2, 0) is 0 Å². The number of anilines is 1. The molecule has 6 nitrogen and oxygen atoms in total. The topological polar surface area (TPSA) is 83.3 Å². The average molecular weight is 606 g/mol. The third kappa shape index (κ3) is 7.41. The molecule has 6 heteroatoms. The van der Waals surface area contributed by atoms with Crippen LogP contribution in [0.25, 0.3) is 44.3 Å². The summed E-state index contributed by atoms with van der Waals surface area (Å²) in [6.45, 7) is 10.4. The number of aryl methyl sites for hydroxylation is 2. The Hall–Kier alpha value is -4.11. The van der Waals surface area contributed by atoms with E-state index in [0.717, 1.165) is 53.5 Å². The van der Waals surface area contributed by atoms with Gasteiger partial charge in [-0.15, -0.1) is 0 Å². The first-order valence-corrected chi connectivity index (χ1v) is 17.0. The number of rotatable bonds is 16. The normalized spacial score (nSPS) is 11.5. The molecule has 5 aromatic rings. The van der Waals surface area contributed by atoms with Crippen molar-refractivity contribution < 1.29 is 8.83 Å². The Morgan fingerprint density at radius 3 is 2.13 bits per heavy atom. The van der Waals surface area contributed by atoms with Crippen LogP contribution in [0.15, 0.2) is 56.1 Å². The van der Waals surface area contributed by atoms with Gasteiger partial charge in [0.25, 0.3) is 0 Å². The smallest absolute Gasteiger partial charge is 0.350 e. The molecule has 0 aliphatic heterocycles. The minimum Gasteiger partial charge on any atom is -0.435 e. The number of benzene rings is 3. The van der Waals surface area contributed by atoms with Crippen LogP contribution in [0.2, 0.25) is 0 Å². The summed E-state index contributed by atoms with van der Waals surface area (Å²) in [4.78, 5) is 20.7. The van der Waals surface area contributed by atoms with E-state index in [1.54, 1.807) is 0 Å². The van der Waals surface area contributed by atoms with Gasteiger partial charge < -0.3 is 13.7 Å². The number of aromatic nitrogens is 1. The fraction of sp³-hybridized carbons (Fsp3) is 0.462. The number of hydrogen-bond donors (Lipinski definition) is 0. The Bertz CT molecular complexity index is 1860. The second-order valence-corrected chi connectivity index (χ2v) is 12.6. The third-order valence-corrected chi connectivity index (χ3v) is 8.97. The largest absolute Gasteiger partial charge is 0.435 e. The van der Waals surface area contributed by atoms with Gasteiger partial charge in [0.2, 0.25) is 5.89 Å². The molecule has 2 heterocycles. The maximum Gasteiger partial charge on any atom is 0.350 e. The lowest BCUT2D eigenvalue weighted by Crippen LogP contribution is -2.25. The standard InChI is InChI=1S/C39H47N3O3/c1-5-7-9-11-12-13-14-16-22-42(21-15-10-8-6-2)30-19-20-31-33(26-40)35(39(43)44-34(31)25-30)38-41-36-32-23-27(3)17-18-29(32)24-28(4)37(36)45-38/h17-20,23-25H,5-16,21-22H2,1-4H3. The quantitative estimate of drug-likeness (QED) is 0.0822. The van der Waals surface area contributed by atoms with Crippen LogP contribution in [0.1, 0.15) is 108 Å². The molecule has 0 fully saturated rings. The maximum atomic E-state index is 13.5. The van der Waals surface area contributed by atoms with E-state index in [0.29, 0.717) is 22.1 Å². The van der Waals surface area contributed by atoms with Gasteiger partial charge in [-0.05, 0) is 61.9 Å². The molecule has 0 unspecified atom stereocenters. The Balaban J connectivity index is 1.44. The lowest BCUT2D eigenvalue weighted by atomic mass is 10.0. The lowest BCUT2D eigenvalue weighted by molar-refractivity contribution is 0.551. The van der Waals surface area contributed by atoms with Crippen molar-refractivity contribution in [3.8, 4) is 17.5 Å². The molecule has 3 aromatic carbocycles. The molecule has 0 saturated carbocycles. The summed E-state index contributed by atoms with van der Waals surface area (Å²) < 4.78 is 12.1. The minimum absolute atomic E-state index is 0.0736. The molecule has 0 amide bonds. The van der Waals surface area contributed by atoms with E-state index in [-0.39, 0.29) is 17.0 Å². The molecule has 0 saturated heterocycles. The van der Waals surface area contributed by atoms with Crippen molar-refractivity contribution in [2.75, 3.05) is 18.0 Å². The van der Waals surface area contributed by atoms with Gasteiger partial charge in [-0.2, -0.15) is 5.26 Å². The van der Waals surface area contributed by atoms with Crippen LogP contribution in [-0.4, -0.2) is 18.1 Å². The lowest BCUT2D eigenvalue weighted by Gasteiger charge is -2.25. The Labute approximate surface area is 267 Å². The zero-order valence-corrected chi connectivity index (χ0v) is 27.5. The van der Waals surface area contributed by atoms with Crippen LogP contribution < -0.4 is 10.5 Å². The number of oxazole rings is 1. The van der Waals surface area contributed by atoms with Crippen LogP contribution in [0.4, 0.5) is 5.69 Å². The molecule has 5 rings (SSSR count). The number of nitriles is 1. The number of fused-ring (bicyclic) bond motifs is 4. The fourth-order valence-electron chi connectivity index (χ4n) is 6.41. The van der Waals surface area contributed by atoms with Crippen molar-refractivity contribution in [2.24, 2.45) is 0 Å². The SMILES string of the molecule is CCCCCCCCCCN(CCCCCC)c1ccc2c(C#N)c(-c3nc4c(o3)c(C)cc3ccc(C)cc34)c(=O)oc2c1. The molecule has 0 N–H and O–H groups in total. The van der Waals surface area contributed by atoms with Crippen LogP contribution in [0, 0.1) is 25.2 Å². The second kappa shape index (κ2) is 15.3. The summed E-state index contributed by atoms with van der Waals surface area (Å²) in [6, 6.07) is 16.4. The highest BCUT2D eigenvalue weighted by atomic mass is 16.4. The van der Waals surface area contributed by atoms with Gasteiger partial charge in [-0.3, -0.25) is 0 Å². The van der Waals surface area contributed by atoms with Gasteiger partial charge in [-0.25, -0.2) is 9.78 Å².